The zero-order chi connectivity index (χ0) is 19.1. The summed E-state index contributed by atoms with van der Waals surface area (Å²) < 4.78 is 5.44. The molecule has 3 aliphatic rings. The molecule has 0 saturated carbocycles. The molecule has 142 valence electrons. The van der Waals surface area contributed by atoms with Crippen molar-refractivity contribution in [3.8, 4) is 0 Å². The summed E-state index contributed by atoms with van der Waals surface area (Å²) in [6.45, 7) is 1.59. The van der Waals surface area contributed by atoms with Gasteiger partial charge in [-0.05, 0) is 31.2 Å². The third-order valence-electron chi connectivity index (χ3n) is 5.29. The second-order valence-electron chi connectivity index (χ2n) is 6.99. The molecular weight excluding hydrogens is 352 g/mol. The molecule has 1 unspecified atom stereocenters. The lowest BCUT2D eigenvalue weighted by Gasteiger charge is -2.27. The Morgan fingerprint density at radius 2 is 1.93 bits per heavy atom. The molecule has 3 aliphatic heterocycles. The van der Waals surface area contributed by atoms with Crippen molar-refractivity contribution in [2.24, 2.45) is 11.7 Å². The van der Waals surface area contributed by atoms with Gasteiger partial charge in [-0.15, -0.1) is 0 Å². The molecule has 2 saturated heterocycles. The first-order chi connectivity index (χ1) is 13.0. The van der Waals surface area contributed by atoms with Gasteiger partial charge in [0.25, 0.3) is 11.8 Å². The van der Waals surface area contributed by atoms with Crippen molar-refractivity contribution < 1.29 is 23.9 Å². The smallest absolute Gasteiger partial charge is 0.262 e. The molecule has 27 heavy (non-hydrogen) atoms. The van der Waals surface area contributed by atoms with Gasteiger partial charge in [-0.3, -0.25) is 29.4 Å². The summed E-state index contributed by atoms with van der Waals surface area (Å²) in [5, 5.41) is 5.49. The molecule has 9 nitrogen and oxygen atoms in total. The van der Waals surface area contributed by atoms with Crippen molar-refractivity contribution in [2.75, 3.05) is 25.1 Å². The largest absolute Gasteiger partial charge is 0.380 e. The second-order valence-corrected chi connectivity index (χ2v) is 6.99. The summed E-state index contributed by atoms with van der Waals surface area (Å²) in [6.07, 6.45) is 0.234. The van der Waals surface area contributed by atoms with Gasteiger partial charge in [-0.25, -0.2) is 0 Å². The summed E-state index contributed by atoms with van der Waals surface area (Å²) >= 11 is 0. The van der Waals surface area contributed by atoms with Gasteiger partial charge in [0.15, 0.2) is 0 Å². The molecule has 2 fully saturated rings. The maximum absolute atomic E-state index is 12.8. The maximum atomic E-state index is 12.8. The van der Waals surface area contributed by atoms with E-state index in [4.69, 9.17) is 10.5 Å². The number of hydrogen-bond donors (Lipinski definition) is 3. The summed E-state index contributed by atoms with van der Waals surface area (Å²) in [6, 6.07) is 4.00. The van der Waals surface area contributed by atoms with Crippen molar-refractivity contribution in [3.05, 3.63) is 29.3 Å². The first kappa shape index (κ1) is 17.6. The number of carbonyl (C=O) groups excluding carboxylic acids is 4. The van der Waals surface area contributed by atoms with Crippen LogP contribution in [0.1, 0.15) is 33.6 Å². The number of benzene rings is 1. The van der Waals surface area contributed by atoms with Crippen LogP contribution in [0.25, 0.3) is 0 Å². The molecule has 3 heterocycles. The number of nitrogens with one attached hydrogen (secondary N) is 2. The number of ether oxygens (including phenoxy) is 1. The van der Waals surface area contributed by atoms with Gasteiger partial charge in [0.2, 0.25) is 11.8 Å². The lowest BCUT2D eigenvalue weighted by atomic mass is 10.0. The van der Waals surface area contributed by atoms with Gasteiger partial charge in [0, 0.05) is 18.0 Å². The fourth-order valence-corrected chi connectivity index (χ4v) is 3.77. The van der Waals surface area contributed by atoms with Crippen molar-refractivity contribution >= 4 is 29.3 Å². The molecule has 4 rings (SSSR count). The average Bonchev–Trinajstić information content (AvgIpc) is 3.19. The van der Waals surface area contributed by atoms with Gasteiger partial charge >= 0.3 is 0 Å². The summed E-state index contributed by atoms with van der Waals surface area (Å²) in [5.41, 5.74) is 6.94. The highest BCUT2D eigenvalue weighted by molar-refractivity contribution is 6.23. The number of nitrogens with two attached hydrogens (primary N) is 1. The molecule has 0 spiro atoms. The van der Waals surface area contributed by atoms with Crippen LogP contribution in [0.5, 0.6) is 0 Å². The molecule has 1 aromatic carbocycles. The standard InChI is InChI=1S/C18H20N4O5/c19-6-9-7-27-8-13(9)20-10-1-2-11-12(5-10)18(26)22(17(11)25)14-3-4-15(23)21-16(14)24/h1-2,5,9,13-14,20H,3-4,6-8,19H2,(H,21,23,24)/t9-,13-,14?/m1/s1. The first-order valence-electron chi connectivity index (χ1n) is 8.89. The molecule has 4 N–H and O–H groups in total. The number of fused-ring (bicyclic) bond motifs is 1. The average molecular weight is 372 g/mol. The third kappa shape index (κ3) is 2.98. The lowest BCUT2D eigenvalue weighted by Crippen LogP contribution is -2.54. The number of nitrogens with zero attached hydrogens (tertiary/aromatic N) is 1. The number of anilines is 1. The predicted molar refractivity (Wildman–Crippen MR) is 93.9 cm³/mol. The minimum Gasteiger partial charge on any atom is -0.380 e. The number of hydrogen-bond acceptors (Lipinski definition) is 7. The Morgan fingerprint density at radius 3 is 2.67 bits per heavy atom. The van der Waals surface area contributed by atoms with E-state index in [0.717, 1.165) is 4.90 Å². The van der Waals surface area contributed by atoms with E-state index < -0.39 is 29.7 Å². The molecule has 3 atom stereocenters. The zero-order valence-electron chi connectivity index (χ0n) is 14.6. The summed E-state index contributed by atoms with van der Waals surface area (Å²) in [7, 11) is 0. The Balaban J connectivity index is 1.56. The van der Waals surface area contributed by atoms with E-state index in [9.17, 15) is 19.2 Å². The monoisotopic (exact) mass is 372 g/mol. The fourth-order valence-electron chi connectivity index (χ4n) is 3.77. The van der Waals surface area contributed by atoms with Crippen LogP contribution >= 0.6 is 0 Å². The van der Waals surface area contributed by atoms with Crippen LogP contribution in [0, 0.1) is 5.92 Å². The van der Waals surface area contributed by atoms with Crippen LogP contribution in [0.4, 0.5) is 5.69 Å². The van der Waals surface area contributed by atoms with E-state index in [0.29, 0.717) is 25.4 Å². The van der Waals surface area contributed by atoms with Crippen LogP contribution < -0.4 is 16.4 Å². The quantitative estimate of drug-likeness (QED) is 0.606. The molecule has 0 radical (unpaired) electrons. The minimum absolute atomic E-state index is 0.0338. The molecule has 9 heteroatoms. The normalized spacial score (nSPS) is 27.7. The maximum Gasteiger partial charge on any atom is 0.262 e. The number of piperidine rings is 1. The highest BCUT2D eigenvalue weighted by Gasteiger charge is 2.44. The SMILES string of the molecule is NC[C@@H]1COC[C@H]1Nc1ccc2c(c1)C(=O)N(C1CCC(=O)NC1=O)C2=O. The summed E-state index contributed by atoms with van der Waals surface area (Å²) in [4.78, 5) is 49.9. The van der Waals surface area contributed by atoms with Crippen LogP contribution in [0.3, 0.4) is 0 Å². The Hall–Kier alpha value is -2.78. The highest BCUT2D eigenvalue weighted by atomic mass is 16.5. The Bertz CT molecular complexity index is 839. The van der Waals surface area contributed by atoms with E-state index in [-0.39, 0.29) is 35.9 Å². The number of imide groups is 2. The topological polar surface area (TPSA) is 131 Å². The Morgan fingerprint density at radius 1 is 1.15 bits per heavy atom. The Labute approximate surface area is 155 Å². The van der Waals surface area contributed by atoms with Crippen LogP contribution in [-0.4, -0.2) is 60.4 Å². The predicted octanol–water partition coefficient (Wildman–Crippen LogP) is -0.527. The van der Waals surface area contributed by atoms with Gasteiger partial charge in [-0.2, -0.15) is 0 Å². The van der Waals surface area contributed by atoms with E-state index in [1.54, 1.807) is 18.2 Å². The van der Waals surface area contributed by atoms with E-state index in [1.807, 2.05) is 0 Å². The van der Waals surface area contributed by atoms with Gasteiger partial charge in [-0.1, -0.05) is 0 Å². The number of amides is 4. The number of rotatable bonds is 4. The summed E-state index contributed by atoms with van der Waals surface area (Å²) in [5.74, 6) is -1.87. The minimum atomic E-state index is -0.962. The van der Waals surface area contributed by atoms with E-state index in [2.05, 4.69) is 10.6 Å². The van der Waals surface area contributed by atoms with Crippen molar-refractivity contribution in [2.45, 2.75) is 24.9 Å². The van der Waals surface area contributed by atoms with E-state index in [1.165, 1.54) is 0 Å². The molecule has 0 aromatic heterocycles. The second kappa shape index (κ2) is 6.75. The van der Waals surface area contributed by atoms with Gasteiger partial charge in [0.1, 0.15) is 6.04 Å². The van der Waals surface area contributed by atoms with E-state index >= 15 is 0 Å². The molecule has 1 aromatic rings. The molecule has 4 amide bonds. The Kier molecular flexibility index (Phi) is 4.40. The molecule has 0 aliphatic carbocycles. The highest BCUT2D eigenvalue weighted by Crippen LogP contribution is 2.30. The fraction of sp³-hybridized carbons (Fsp3) is 0.444. The van der Waals surface area contributed by atoms with Crippen LogP contribution in [-0.2, 0) is 14.3 Å². The van der Waals surface area contributed by atoms with Crippen LogP contribution in [0.15, 0.2) is 18.2 Å². The first-order valence-corrected chi connectivity index (χ1v) is 8.89. The van der Waals surface area contributed by atoms with Crippen molar-refractivity contribution in [1.29, 1.82) is 0 Å². The van der Waals surface area contributed by atoms with Gasteiger partial charge in [0.05, 0.1) is 30.4 Å². The van der Waals surface area contributed by atoms with Crippen molar-refractivity contribution in [1.82, 2.24) is 10.2 Å². The number of carbonyl (C=O) groups is 4. The van der Waals surface area contributed by atoms with Crippen LogP contribution in [0.2, 0.25) is 0 Å². The third-order valence-corrected chi connectivity index (χ3v) is 5.29. The lowest BCUT2D eigenvalue weighted by molar-refractivity contribution is -0.136. The van der Waals surface area contributed by atoms with Gasteiger partial charge < -0.3 is 15.8 Å². The van der Waals surface area contributed by atoms with Crippen molar-refractivity contribution in [3.63, 3.8) is 0 Å². The zero-order valence-corrected chi connectivity index (χ0v) is 14.6. The molecule has 0 bridgehead atoms. The molecular formula is C18H20N4O5.